The number of hydrogen-bond acceptors (Lipinski definition) is 4. The zero-order valence-corrected chi connectivity index (χ0v) is 19.9. The molecular weight excluding hydrogens is 414 g/mol. The molecule has 2 fully saturated rings. The highest BCUT2D eigenvalue weighted by Crippen LogP contribution is 2.33. The average molecular weight is 450 g/mol. The molecule has 1 aromatic carbocycles. The van der Waals surface area contributed by atoms with Crippen LogP contribution in [-0.2, 0) is 19.6 Å². The van der Waals surface area contributed by atoms with E-state index in [0.29, 0.717) is 5.69 Å². The summed E-state index contributed by atoms with van der Waals surface area (Å²) < 4.78 is 26.4. The molecule has 1 aliphatic carbocycles. The standard InChI is InChI=1S/C23H35N3O4S/c1-5-31(29,30)25-15-21(27)26(20-13-12-17(2)14-18(20)3)23(4,16-25)22(28)24-19-10-8-6-7-9-11-19/h12-14,19H,5-11,15-16H2,1-4H3,(H,24,28). The fraction of sp³-hybridized carbons (Fsp3) is 0.652. The van der Waals surface area contributed by atoms with E-state index in [-0.39, 0.29) is 36.7 Å². The van der Waals surface area contributed by atoms with Crippen LogP contribution in [0.5, 0.6) is 0 Å². The van der Waals surface area contributed by atoms with Crippen LogP contribution in [0.15, 0.2) is 18.2 Å². The molecule has 172 valence electrons. The summed E-state index contributed by atoms with van der Waals surface area (Å²) in [7, 11) is -3.61. The zero-order chi connectivity index (χ0) is 22.8. The molecule has 0 bridgehead atoms. The van der Waals surface area contributed by atoms with Gasteiger partial charge in [0.1, 0.15) is 5.54 Å². The van der Waals surface area contributed by atoms with E-state index < -0.39 is 15.6 Å². The van der Waals surface area contributed by atoms with Gasteiger partial charge in [0.2, 0.25) is 21.8 Å². The number of amides is 2. The van der Waals surface area contributed by atoms with Crippen molar-refractivity contribution in [3.63, 3.8) is 0 Å². The van der Waals surface area contributed by atoms with Crippen molar-refractivity contribution in [1.82, 2.24) is 9.62 Å². The Morgan fingerprint density at radius 3 is 2.39 bits per heavy atom. The molecule has 31 heavy (non-hydrogen) atoms. The van der Waals surface area contributed by atoms with Crippen molar-refractivity contribution >= 4 is 27.5 Å². The van der Waals surface area contributed by atoms with Gasteiger partial charge < -0.3 is 5.32 Å². The largest absolute Gasteiger partial charge is 0.351 e. The van der Waals surface area contributed by atoms with Crippen LogP contribution in [0.3, 0.4) is 0 Å². The average Bonchev–Trinajstić information content (AvgIpc) is 2.97. The zero-order valence-electron chi connectivity index (χ0n) is 19.1. The lowest BCUT2D eigenvalue weighted by molar-refractivity contribution is -0.133. The molecule has 0 spiro atoms. The van der Waals surface area contributed by atoms with Gasteiger partial charge in [-0.25, -0.2) is 8.42 Å². The van der Waals surface area contributed by atoms with Gasteiger partial charge in [0.05, 0.1) is 12.3 Å². The van der Waals surface area contributed by atoms with E-state index in [1.807, 2.05) is 32.0 Å². The number of aryl methyl sites for hydroxylation is 2. The molecule has 8 heteroatoms. The van der Waals surface area contributed by atoms with Crippen LogP contribution in [0.2, 0.25) is 0 Å². The van der Waals surface area contributed by atoms with E-state index in [1.54, 1.807) is 13.8 Å². The minimum atomic E-state index is -3.61. The molecular formula is C23H35N3O4S. The predicted molar refractivity (Wildman–Crippen MR) is 122 cm³/mol. The second-order valence-electron chi connectivity index (χ2n) is 9.12. The van der Waals surface area contributed by atoms with Crippen molar-refractivity contribution in [2.45, 2.75) is 77.8 Å². The van der Waals surface area contributed by atoms with E-state index in [4.69, 9.17) is 0 Å². The van der Waals surface area contributed by atoms with Gasteiger partial charge in [0.25, 0.3) is 0 Å². The fourth-order valence-electron chi connectivity index (χ4n) is 4.74. The van der Waals surface area contributed by atoms with Crippen LogP contribution in [0.25, 0.3) is 0 Å². The highest BCUT2D eigenvalue weighted by molar-refractivity contribution is 7.89. The number of nitrogens with zero attached hydrogens (tertiary/aromatic N) is 2. The van der Waals surface area contributed by atoms with Crippen LogP contribution in [0, 0.1) is 13.8 Å². The van der Waals surface area contributed by atoms with Gasteiger partial charge in [0.15, 0.2) is 0 Å². The van der Waals surface area contributed by atoms with Gasteiger partial charge in [-0.1, -0.05) is 43.4 Å². The molecule has 1 heterocycles. The van der Waals surface area contributed by atoms with Crippen molar-refractivity contribution in [2.75, 3.05) is 23.7 Å². The van der Waals surface area contributed by atoms with Crippen LogP contribution < -0.4 is 10.2 Å². The topological polar surface area (TPSA) is 86.8 Å². The van der Waals surface area contributed by atoms with Gasteiger partial charge in [-0.05, 0) is 52.2 Å². The Morgan fingerprint density at radius 1 is 1.16 bits per heavy atom. The first-order chi connectivity index (χ1) is 14.6. The van der Waals surface area contributed by atoms with Crippen LogP contribution in [0.1, 0.15) is 63.5 Å². The maximum atomic E-state index is 13.6. The lowest BCUT2D eigenvalue weighted by Gasteiger charge is -2.47. The Labute approximate surface area is 186 Å². The van der Waals surface area contributed by atoms with Gasteiger partial charge >= 0.3 is 0 Å². The maximum absolute atomic E-state index is 13.6. The Balaban J connectivity index is 2.00. The van der Waals surface area contributed by atoms with Crippen LogP contribution in [0.4, 0.5) is 5.69 Å². The second-order valence-corrected chi connectivity index (χ2v) is 11.4. The fourth-order valence-corrected chi connectivity index (χ4v) is 5.86. The number of hydrogen-bond donors (Lipinski definition) is 1. The van der Waals surface area contributed by atoms with Crippen molar-refractivity contribution < 1.29 is 18.0 Å². The van der Waals surface area contributed by atoms with E-state index in [2.05, 4.69) is 5.32 Å². The molecule has 1 aliphatic heterocycles. The summed E-state index contributed by atoms with van der Waals surface area (Å²) in [6, 6.07) is 5.79. The monoisotopic (exact) mass is 449 g/mol. The lowest BCUT2D eigenvalue weighted by atomic mass is 9.92. The van der Waals surface area contributed by atoms with E-state index in [9.17, 15) is 18.0 Å². The molecule has 1 saturated carbocycles. The molecule has 1 aromatic rings. The molecule has 7 nitrogen and oxygen atoms in total. The summed E-state index contributed by atoms with van der Waals surface area (Å²) in [4.78, 5) is 28.5. The molecule has 1 unspecified atom stereocenters. The number of carbonyl (C=O) groups excluding carboxylic acids is 2. The predicted octanol–water partition coefficient (Wildman–Crippen LogP) is 2.90. The summed E-state index contributed by atoms with van der Waals surface area (Å²) >= 11 is 0. The minimum absolute atomic E-state index is 0.0548. The Hall–Kier alpha value is -1.93. The quantitative estimate of drug-likeness (QED) is 0.701. The summed E-state index contributed by atoms with van der Waals surface area (Å²) in [5.41, 5.74) is 1.27. The normalized spacial score (nSPS) is 24.1. The first-order valence-corrected chi connectivity index (χ1v) is 12.9. The molecule has 0 aromatic heterocycles. The molecule has 3 rings (SSSR count). The van der Waals surface area contributed by atoms with E-state index in [1.165, 1.54) is 22.0 Å². The number of piperazine rings is 1. The summed E-state index contributed by atoms with van der Waals surface area (Å²) in [6.07, 6.45) is 6.29. The van der Waals surface area contributed by atoms with E-state index in [0.717, 1.165) is 36.8 Å². The third kappa shape index (κ3) is 4.95. The first kappa shape index (κ1) is 23.7. The first-order valence-electron chi connectivity index (χ1n) is 11.3. The smallest absolute Gasteiger partial charge is 0.247 e. The number of carbonyl (C=O) groups is 2. The van der Waals surface area contributed by atoms with Gasteiger partial charge in [-0.2, -0.15) is 4.31 Å². The number of rotatable bonds is 5. The Bertz CT molecular complexity index is 938. The number of sulfonamides is 1. The third-order valence-corrected chi connectivity index (χ3v) is 8.34. The Kier molecular flexibility index (Phi) is 7.11. The van der Waals surface area contributed by atoms with Crippen molar-refractivity contribution in [3.05, 3.63) is 29.3 Å². The number of anilines is 1. The summed E-state index contributed by atoms with van der Waals surface area (Å²) in [5, 5.41) is 3.16. The molecule has 0 radical (unpaired) electrons. The van der Waals surface area contributed by atoms with Crippen molar-refractivity contribution in [1.29, 1.82) is 0 Å². The molecule has 2 aliphatic rings. The minimum Gasteiger partial charge on any atom is -0.351 e. The molecule has 1 saturated heterocycles. The number of nitrogens with one attached hydrogen (secondary N) is 1. The van der Waals surface area contributed by atoms with Gasteiger partial charge in [-0.3, -0.25) is 14.5 Å². The van der Waals surface area contributed by atoms with Crippen molar-refractivity contribution in [3.8, 4) is 0 Å². The molecule has 2 amide bonds. The van der Waals surface area contributed by atoms with Gasteiger partial charge in [-0.15, -0.1) is 0 Å². The van der Waals surface area contributed by atoms with Gasteiger partial charge in [0, 0.05) is 18.3 Å². The molecule has 1 atom stereocenters. The lowest BCUT2D eigenvalue weighted by Crippen LogP contribution is -2.71. The SMILES string of the molecule is CCS(=O)(=O)N1CC(=O)N(c2ccc(C)cc2C)C(C)(C(=O)NC2CCCCCC2)C1. The highest BCUT2D eigenvalue weighted by atomic mass is 32.2. The molecule has 1 N–H and O–H groups in total. The van der Waals surface area contributed by atoms with Crippen LogP contribution in [-0.4, -0.2) is 55.0 Å². The van der Waals surface area contributed by atoms with E-state index >= 15 is 0 Å². The Morgan fingerprint density at radius 2 is 1.81 bits per heavy atom. The number of benzene rings is 1. The van der Waals surface area contributed by atoms with Crippen LogP contribution >= 0.6 is 0 Å². The maximum Gasteiger partial charge on any atom is 0.247 e. The van der Waals surface area contributed by atoms with Crippen molar-refractivity contribution in [2.24, 2.45) is 0 Å². The summed E-state index contributed by atoms with van der Waals surface area (Å²) in [5.74, 6) is -0.776. The third-order valence-electron chi connectivity index (χ3n) is 6.57. The summed E-state index contributed by atoms with van der Waals surface area (Å²) in [6.45, 7) is 6.82. The second kappa shape index (κ2) is 9.28. The highest BCUT2D eigenvalue weighted by Gasteiger charge is 2.51.